The smallest absolute Gasteiger partial charge is 0.354 e. The van der Waals surface area contributed by atoms with E-state index in [-0.39, 0.29) is 34.2 Å². The molecule has 0 aliphatic carbocycles. The van der Waals surface area contributed by atoms with Crippen molar-refractivity contribution in [1.29, 1.82) is 0 Å². The van der Waals surface area contributed by atoms with E-state index in [4.69, 9.17) is 0 Å². The van der Waals surface area contributed by atoms with E-state index >= 15 is 0 Å². The van der Waals surface area contributed by atoms with Crippen molar-refractivity contribution in [3.05, 3.63) is 9.93 Å². The lowest BCUT2D eigenvalue weighted by Gasteiger charge is -2.43. The molecule has 0 unspecified atom stereocenters. The van der Waals surface area contributed by atoms with E-state index in [0.717, 1.165) is 19.4 Å². The summed E-state index contributed by atoms with van der Waals surface area (Å²) >= 11 is 2.85. The Morgan fingerprint density at radius 1 is 1.44 bits per heavy atom. The van der Waals surface area contributed by atoms with Gasteiger partial charge in [0.05, 0.1) is 16.3 Å². The van der Waals surface area contributed by atoms with Gasteiger partial charge in [-0.05, 0) is 19.8 Å². The highest BCUT2D eigenvalue weighted by Gasteiger charge is 2.58. The molecule has 0 aromatic heterocycles. The second-order valence-corrected chi connectivity index (χ2v) is 10.0. The van der Waals surface area contributed by atoms with Crippen LogP contribution in [-0.4, -0.2) is 81.2 Å². The van der Waals surface area contributed by atoms with Crippen molar-refractivity contribution in [3.63, 3.8) is 0 Å². The Morgan fingerprint density at radius 3 is 2.74 bits per heavy atom. The second-order valence-electron chi connectivity index (χ2n) is 7.33. The summed E-state index contributed by atoms with van der Waals surface area (Å²) in [5.41, 5.74) is 0.0446. The molecular formula is C17H25N3O5S2. The molecule has 150 valence electrons. The molecule has 0 aromatic carbocycles. The van der Waals surface area contributed by atoms with Crippen LogP contribution in [0.3, 0.4) is 0 Å². The van der Waals surface area contributed by atoms with E-state index in [1.807, 2.05) is 0 Å². The molecule has 2 amide bonds. The van der Waals surface area contributed by atoms with Gasteiger partial charge in [-0.3, -0.25) is 14.5 Å². The first-order valence-corrected chi connectivity index (χ1v) is 10.7. The molecule has 3 rings (SSSR count). The van der Waals surface area contributed by atoms with Crippen LogP contribution in [-0.2, 0) is 14.4 Å². The molecule has 3 aliphatic rings. The highest BCUT2D eigenvalue weighted by Crippen LogP contribution is 2.55. The normalized spacial score (nSPS) is 31.0. The van der Waals surface area contributed by atoms with Gasteiger partial charge in [-0.2, -0.15) is 0 Å². The average molecular weight is 416 g/mol. The Kier molecular flexibility index (Phi) is 6.09. The van der Waals surface area contributed by atoms with E-state index in [9.17, 15) is 24.6 Å². The molecule has 8 nitrogen and oxygen atoms in total. The third-order valence-corrected chi connectivity index (χ3v) is 7.96. The topological polar surface area (TPSA) is 110 Å². The average Bonchev–Trinajstić information content (AvgIpc) is 3.15. The summed E-state index contributed by atoms with van der Waals surface area (Å²) in [6, 6.07) is 0.232. The second kappa shape index (κ2) is 8.02. The van der Waals surface area contributed by atoms with Gasteiger partial charge in [0.2, 0.25) is 11.8 Å². The summed E-state index contributed by atoms with van der Waals surface area (Å²) < 4.78 is 0.640. The van der Waals surface area contributed by atoms with Crippen LogP contribution in [0.1, 0.15) is 26.2 Å². The molecule has 0 bridgehead atoms. The van der Waals surface area contributed by atoms with Crippen molar-refractivity contribution in [2.75, 3.05) is 20.6 Å². The molecule has 0 radical (unpaired) electrons. The highest BCUT2D eigenvalue weighted by atomic mass is 32.2. The van der Waals surface area contributed by atoms with Crippen LogP contribution in [0.5, 0.6) is 0 Å². The van der Waals surface area contributed by atoms with E-state index in [2.05, 4.69) is 5.32 Å². The Balaban J connectivity index is 1.60. The number of hydrogen-bond acceptors (Lipinski definition) is 7. The minimum Gasteiger partial charge on any atom is -0.477 e. The number of hydrogen-bond donors (Lipinski definition) is 3. The molecule has 0 saturated carbocycles. The summed E-state index contributed by atoms with van der Waals surface area (Å²) in [5.74, 6) is -1.87. The van der Waals surface area contributed by atoms with Crippen molar-refractivity contribution in [2.24, 2.45) is 5.92 Å². The Labute approximate surface area is 166 Å². The third kappa shape index (κ3) is 3.98. The number of aliphatic hydroxyl groups is 1. The largest absolute Gasteiger partial charge is 0.477 e. The zero-order chi connectivity index (χ0) is 19.9. The summed E-state index contributed by atoms with van der Waals surface area (Å²) in [6.45, 7) is 2.30. The van der Waals surface area contributed by atoms with Crippen LogP contribution in [0, 0.1) is 5.92 Å². The number of thioether (sulfide) groups is 2. The number of carboxylic acids is 1. The molecule has 27 heavy (non-hydrogen) atoms. The number of amides is 2. The lowest BCUT2D eigenvalue weighted by molar-refractivity contribution is -0.156. The Hall–Kier alpha value is -1.23. The number of carbonyl (C=O) groups is 3. The predicted molar refractivity (Wildman–Crippen MR) is 104 cm³/mol. The first-order valence-electron chi connectivity index (χ1n) is 8.96. The summed E-state index contributed by atoms with van der Waals surface area (Å²) in [5, 5.41) is 22.6. The Morgan fingerprint density at radius 2 is 2.15 bits per heavy atom. The van der Waals surface area contributed by atoms with Gasteiger partial charge in [-0.1, -0.05) is 11.8 Å². The third-order valence-electron chi connectivity index (χ3n) is 5.13. The number of aliphatic hydroxyl groups excluding tert-OH is 1. The fraction of sp³-hybridized carbons (Fsp3) is 0.706. The molecule has 0 aromatic rings. The summed E-state index contributed by atoms with van der Waals surface area (Å²) in [6.07, 6.45) is 1.29. The van der Waals surface area contributed by atoms with Gasteiger partial charge in [0, 0.05) is 38.4 Å². The van der Waals surface area contributed by atoms with Gasteiger partial charge < -0.3 is 20.4 Å². The minimum absolute atomic E-state index is 0.0446. The number of nitrogens with one attached hydrogen (secondary N) is 1. The molecule has 2 saturated heterocycles. The minimum atomic E-state index is -1.11. The predicted octanol–water partition coefficient (Wildman–Crippen LogP) is 0.484. The number of carbonyl (C=O) groups excluding carboxylic acids is 2. The molecule has 2 fully saturated rings. The molecule has 3 heterocycles. The van der Waals surface area contributed by atoms with Crippen LogP contribution in [0.4, 0.5) is 0 Å². The van der Waals surface area contributed by atoms with Crippen molar-refractivity contribution < 1.29 is 24.6 Å². The monoisotopic (exact) mass is 415 g/mol. The molecular weight excluding hydrogens is 390 g/mol. The van der Waals surface area contributed by atoms with Crippen LogP contribution in [0.25, 0.3) is 0 Å². The van der Waals surface area contributed by atoms with Crippen molar-refractivity contribution in [3.8, 4) is 0 Å². The fourth-order valence-corrected chi connectivity index (χ4v) is 6.95. The van der Waals surface area contributed by atoms with Gasteiger partial charge in [0.15, 0.2) is 5.70 Å². The van der Waals surface area contributed by atoms with Crippen LogP contribution >= 0.6 is 23.5 Å². The SMILES string of the molecule is C[C@@H](O)[C@H]1C(=O)N2C(C(=O)O)=C(S[C@@H]3CN[C@H](CCC(=O)N(C)C)C3)S[C@H]12. The number of carboxylic acid groups (broad SMARTS) is 1. The van der Waals surface area contributed by atoms with Crippen LogP contribution in [0.15, 0.2) is 9.93 Å². The maximum Gasteiger partial charge on any atom is 0.354 e. The maximum atomic E-state index is 12.2. The number of aliphatic carboxylic acids is 1. The van der Waals surface area contributed by atoms with E-state index < -0.39 is 18.0 Å². The zero-order valence-electron chi connectivity index (χ0n) is 15.5. The zero-order valence-corrected chi connectivity index (χ0v) is 17.2. The lowest BCUT2D eigenvalue weighted by Crippen LogP contribution is -2.60. The number of rotatable bonds is 7. The lowest BCUT2D eigenvalue weighted by atomic mass is 9.92. The van der Waals surface area contributed by atoms with Crippen LogP contribution in [0.2, 0.25) is 0 Å². The summed E-state index contributed by atoms with van der Waals surface area (Å²) in [4.78, 5) is 38.6. The quantitative estimate of drug-likeness (QED) is 0.515. The van der Waals surface area contributed by atoms with Gasteiger partial charge in [-0.25, -0.2) is 4.79 Å². The highest BCUT2D eigenvalue weighted by molar-refractivity contribution is 8.23. The van der Waals surface area contributed by atoms with Crippen molar-refractivity contribution >= 4 is 41.3 Å². The van der Waals surface area contributed by atoms with Crippen molar-refractivity contribution in [1.82, 2.24) is 15.1 Å². The standard InChI is InChI=1S/C17H25N3O5S2/c1-8(21)12-14(23)20-13(16(24)25)17(27-15(12)20)26-10-6-9(18-7-10)4-5-11(22)19(2)3/h8-10,12,15,18,21H,4-7H2,1-3H3,(H,24,25)/t8-,9-,10+,12+,15-/m1/s1. The molecule has 5 atom stereocenters. The number of nitrogens with zero attached hydrogens (tertiary/aromatic N) is 2. The number of β-lactam (4-membered cyclic amide) rings is 1. The Bertz CT molecular complexity index is 681. The first-order chi connectivity index (χ1) is 12.7. The maximum absolute atomic E-state index is 12.2. The fourth-order valence-electron chi connectivity index (χ4n) is 3.60. The van der Waals surface area contributed by atoms with Gasteiger partial charge in [0.25, 0.3) is 0 Å². The van der Waals surface area contributed by atoms with Gasteiger partial charge >= 0.3 is 5.97 Å². The number of fused-ring (bicyclic) bond motifs is 1. The summed E-state index contributed by atoms with van der Waals surface area (Å²) in [7, 11) is 3.48. The van der Waals surface area contributed by atoms with E-state index in [1.165, 1.54) is 28.4 Å². The van der Waals surface area contributed by atoms with Gasteiger partial charge in [-0.15, -0.1) is 11.8 Å². The van der Waals surface area contributed by atoms with E-state index in [0.29, 0.717) is 10.7 Å². The van der Waals surface area contributed by atoms with Gasteiger partial charge in [0.1, 0.15) is 5.37 Å². The molecule has 3 N–H and O–H groups in total. The molecule has 0 spiro atoms. The first kappa shape index (κ1) is 20.5. The molecule has 10 heteroatoms. The van der Waals surface area contributed by atoms with Crippen LogP contribution < -0.4 is 5.32 Å². The molecule has 3 aliphatic heterocycles. The van der Waals surface area contributed by atoms with Crippen molar-refractivity contribution in [2.45, 2.75) is 49.0 Å². The van der Waals surface area contributed by atoms with E-state index in [1.54, 1.807) is 25.9 Å².